The number of nitrogens with zero attached hydrogens (tertiary/aromatic N) is 2. The molecule has 22 heavy (non-hydrogen) atoms. The van der Waals surface area contributed by atoms with Crippen molar-refractivity contribution in [3.05, 3.63) is 0 Å². The number of likely N-dealkylation sites (tertiary alicyclic amines) is 1. The molecule has 1 rings (SSSR count). The molecular formula is C15H26N2O4S. The van der Waals surface area contributed by atoms with E-state index in [0.29, 0.717) is 31.6 Å². The third-order valence-electron chi connectivity index (χ3n) is 4.12. The molecule has 0 aliphatic carbocycles. The molecule has 0 saturated carbocycles. The smallest absolute Gasteiger partial charge is 0.326 e. The van der Waals surface area contributed by atoms with E-state index in [0.717, 1.165) is 19.3 Å². The molecule has 1 aliphatic rings. The largest absolute Gasteiger partial charge is 0.480 e. The van der Waals surface area contributed by atoms with Crippen molar-refractivity contribution in [3.8, 4) is 0 Å². The molecule has 0 radical (unpaired) electrons. The predicted octanol–water partition coefficient (Wildman–Crippen LogP) is 1.40. The number of carbonyl (C=O) groups excluding carboxylic acids is 2. The Morgan fingerprint density at radius 1 is 1.41 bits per heavy atom. The number of aliphatic carboxylic acids is 1. The highest BCUT2D eigenvalue weighted by Gasteiger charge is 2.38. The van der Waals surface area contributed by atoms with Gasteiger partial charge in [-0.25, -0.2) is 4.79 Å². The minimum absolute atomic E-state index is 0.0836. The molecule has 0 spiro atoms. The lowest BCUT2D eigenvalue weighted by Crippen LogP contribution is -2.51. The summed E-state index contributed by atoms with van der Waals surface area (Å²) < 4.78 is 0. The van der Waals surface area contributed by atoms with Crippen LogP contribution >= 0.6 is 12.6 Å². The number of thiol groups is 1. The summed E-state index contributed by atoms with van der Waals surface area (Å²) in [5.41, 5.74) is 0. The summed E-state index contributed by atoms with van der Waals surface area (Å²) in [6, 6.07) is -1.35. The van der Waals surface area contributed by atoms with E-state index < -0.39 is 18.1 Å². The zero-order valence-electron chi connectivity index (χ0n) is 13.3. The molecule has 1 N–H and O–H groups in total. The zero-order valence-corrected chi connectivity index (χ0v) is 14.2. The van der Waals surface area contributed by atoms with Crippen LogP contribution in [0.5, 0.6) is 0 Å². The molecule has 0 bridgehead atoms. The van der Waals surface area contributed by atoms with Crippen LogP contribution < -0.4 is 0 Å². The second-order valence-corrected chi connectivity index (χ2v) is 6.11. The minimum Gasteiger partial charge on any atom is -0.480 e. The van der Waals surface area contributed by atoms with Crippen LogP contribution in [0.2, 0.25) is 0 Å². The van der Waals surface area contributed by atoms with Gasteiger partial charge in [-0.15, -0.1) is 0 Å². The van der Waals surface area contributed by atoms with Gasteiger partial charge < -0.3 is 14.9 Å². The van der Waals surface area contributed by atoms with Crippen LogP contribution in [0.25, 0.3) is 0 Å². The van der Waals surface area contributed by atoms with Crippen LogP contribution in [0.15, 0.2) is 0 Å². The number of carboxylic acids is 1. The monoisotopic (exact) mass is 330 g/mol. The molecule has 0 aromatic heterocycles. The Hall–Kier alpha value is -1.24. The second kappa shape index (κ2) is 9.02. The lowest BCUT2D eigenvalue weighted by molar-refractivity contribution is -0.152. The topological polar surface area (TPSA) is 77.9 Å². The lowest BCUT2D eigenvalue weighted by atomic mass is 10.1. The Kier molecular flexibility index (Phi) is 7.72. The quantitative estimate of drug-likeness (QED) is 0.660. The van der Waals surface area contributed by atoms with E-state index in [9.17, 15) is 19.5 Å². The normalized spacial score (nSPS) is 19.0. The third-order valence-corrected chi connectivity index (χ3v) is 4.34. The summed E-state index contributed by atoms with van der Waals surface area (Å²) in [5.74, 6) is -0.899. The SMILES string of the molecule is CCCC[C@@H](C(=O)O)N(C)C(=O)[C@@H]1CCCN1C(=O)CCS. The summed E-state index contributed by atoms with van der Waals surface area (Å²) in [6.45, 7) is 2.54. The van der Waals surface area contributed by atoms with E-state index in [4.69, 9.17) is 0 Å². The van der Waals surface area contributed by atoms with Crippen molar-refractivity contribution >= 4 is 30.4 Å². The Bertz CT molecular complexity index is 416. The molecular weight excluding hydrogens is 304 g/mol. The van der Waals surface area contributed by atoms with Crippen molar-refractivity contribution < 1.29 is 19.5 Å². The number of hydrogen-bond donors (Lipinski definition) is 2. The summed E-state index contributed by atoms with van der Waals surface area (Å²) in [4.78, 5) is 38.9. The number of amides is 2. The zero-order chi connectivity index (χ0) is 16.7. The molecule has 0 aromatic carbocycles. The van der Waals surface area contributed by atoms with Gasteiger partial charge in [0.15, 0.2) is 0 Å². The van der Waals surface area contributed by atoms with E-state index >= 15 is 0 Å². The average molecular weight is 330 g/mol. The van der Waals surface area contributed by atoms with Crippen LogP contribution in [-0.4, -0.2) is 64.1 Å². The first kappa shape index (κ1) is 18.8. The van der Waals surface area contributed by atoms with E-state index in [-0.39, 0.29) is 11.8 Å². The Balaban J connectivity index is 2.78. The van der Waals surface area contributed by atoms with Crippen molar-refractivity contribution in [1.29, 1.82) is 0 Å². The maximum Gasteiger partial charge on any atom is 0.326 e. The molecule has 1 fully saturated rings. The fourth-order valence-electron chi connectivity index (χ4n) is 2.83. The van der Waals surface area contributed by atoms with Crippen LogP contribution in [0.4, 0.5) is 0 Å². The molecule has 7 heteroatoms. The van der Waals surface area contributed by atoms with Crippen molar-refractivity contribution in [2.75, 3.05) is 19.3 Å². The van der Waals surface area contributed by atoms with Gasteiger partial charge in [0.2, 0.25) is 11.8 Å². The number of carbonyl (C=O) groups is 3. The maximum absolute atomic E-state index is 12.6. The van der Waals surface area contributed by atoms with Crippen molar-refractivity contribution in [2.45, 2.75) is 57.5 Å². The highest BCUT2D eigenvalue weighted by molar-refractivity contribution is 7.80. The summed E-state index contributed by atoms with van der Waals surface area (Å²) >= 11 is 4.05. The van der Waals surface area contributed by atoms with Crippen LogP contribution in [0, 0.1) is 0 Å². The Labute approximate surface area is 137 Å². The lowest BCUT2D eigenvalue weighted by Gasteiger charge is -2.31. The summed E-state index contributed by atoms with van der Waals surface area (Å²) in [5, 5.41) is 9.34. The highest BCUT2D eigenvalue weighted by Crippen LogP contribution is 2.22. The van der Waals surface area contributed by atoms with Crippen molar-refractivity contribution in [3.63, 3.8) is 0 Å². The molecule has 1 heterocycles. The summed E-state index contributed by atoms with van der Waals surface area (Å²) in [6.07, 6.45) is 3.74. The molecule has 0 aromatic rings. The standard InChI is InChI=1S/C15H26N2O4S/c1-3-4-6-12(15(20)21)16(2)14(19)11-7-5-9-17(11)13(18)8-10-22/h11-12,22H,3-10H2,1-2H3,(H,20,21)/t11-,12-/m0/s1. The fraction of sp³-hybridized carbons (Fsp3) is 0.800. The number of hydrogen-bond acceptors (Lipinski definition) is 4. The third kappa shape index (κ3) is 4.63. The van der Waals surface area contributed by atoms with E-state index in [1.54, 1.807) is 4.90 Å². The molecule has 1 saturated heterocycles. The predicted molar refractivity (Wildman–Crippen MR) is 86.9 cm³/mol. The van der Waals surface area contributed by atoms with E-state index in [2.05, 4.69) is 12.6 Å². The Morgan fingerprint density at radius 3 is 2.64 bits per heavy atom. The number of carboxylic acid groups (broad SMARTS) is 1. The molecule has 1 aliphatic heterocycles. The molecule has 6 nitrogen and oxygen atoms in total. The second-order valence-electron chi connectivity index (χ2n) is 5.66. The number of unbranched alkanes of at least 4 members (excludes halogenated alkanes) is 1. The van der Waals surface area contributed by atoms with Crippen molar-refractivity contribution in [2.24, 2.45) is 0 Å². The molecule has 126 valence electrons. The first-order valence-corrected chi connectivity index (χ1v) is 8.47. The fourth-order valence-corrected chi connectivity index (χ4v) is 3.02. The van der Waals surface area contributed by atoms with Crippen LogP contribution in [0.1, 0.15) is 45.4 Å². The van der Waals surface area contributed by atoms with E-state index in [1.807, 2.05) is 6.92 Å². The summed E-state index contributed by atoms with van der Waals surface area (Å²) in [7, 11) is 1.52. The highest BCUT2D eigenvalue weighted by atomic mass is 32.1. The minimum atomic E-state index is -0.990. The van der Waals surface area contributed by atoms with Gasteiger partial charge in [-0.3, -0.25) is 9.59 Å². The van der Waals surface area contributed by atoms with E-state index in [1.165, 1.54) is 11.9 Å². The van der Waals surface area contributed by atoms with Crippen LogP contribution in [-0.2, 0) is 14.4 Å². The van der Waals surface area contributed by atoms with Crippen molar-refractivity contribution in [1.82, 2.24) is 9.80 Å². The first-order chi connectivity index (χ1) is 10.4. The molecule has 2 atom stereocenters. The van der Waals surface area contributed by atoms with Gasteiger partial charge in [-0.2, -0.15) is 12.6 Å². The Morgan fingerprint density at radius 2 is 2.09 bits per heavy atom. The van der Waals surface area contributed by atoms with Gasteiger partial charge in [0, 0.05) is 20.0 Å². The average Bonchev–Trinajstić information content (AvgIpc) is 2.96. The number of likely N-dealkylation sites (N-methyl/N-ethyl adjacent to an activating group) is 1. The van der Waals surface area contributed by atoms with Gasteiger partial charge in [0.1, 0.15) is 12.1 Å². The number of rotatable bonds is 8. The van der Waals surface area contributed by atoms with Crippen LogP contribution in [0.3, 0.4) is 0 Å². The van der Waals surface area contributed by atoms with Gasteiger partial charge in [-0.1, -0.05) is 19.8 Å². The van der Waals surface area contributed by atoms with Gasteiger partial charge in [-0.05, 0) is 25.0 Å². The maximum atomic E-state index is 12.6. The van der Waals surface area contributed by atoms with Gasteiger partial charge in [0.25, 0.3) is 0 Å². The van der Waals surface area contributed by atoms with Gasteiger partial charge >= 0.3 is 5.97 Å². The first-order valence-electron chi connectivity index (χ1n) is 7.83. The van der Waals surface area contributed by atoms with Gasteiger partial charge in [0.05, 0.1) is 0 Å². The molecule has 2 amide bonds. The molecule has 0 unspecified atom stereocenters.